The molecule has 1 aromatic heterocycles. The van der Waals surface area contributed by atoms with E-state index in [1.54, 1.807) is 24.7 Å². The highest BCUT2D eigenvalue weighted by atomic mass is 19.1. The molecule has 29 heavy (non-hydrogen) atoms. The van der Waals surface area contributed by atoms with Crippen LogP contribution >= 0.6 is 0 Å². The number of aryl methyl sites for hydroxylation is 2. The van der Waals surface area contributed by atoms with Gasteiger partial charge in [0, 0.05) is 18.8 Å². The summed E-state index contributed by atoms with van der Waals surface area (Å²) in [6.07, 6.45) is 6.80. The van der Waals surface area contributed by atoms with Crippen LogP contribution in [0.5, 0.6) is 5.75 Å². The van der Waals surface area contributed by atoms with Crippen molar-refractivity contribution >= 4 is 0 Å². The van der Waals surface area contributed by atoms with E-state index in [2.05, 4.69) is 36.2 Å². The van der Waals surface area contributed by atoms with Crippen molar-refractivity contribution in [2.24, 2.45) is 0 Å². The van der Waals surface area contributed by atoms with Gasteiger partial charge in [0.05, 0.1) is 19.5 Å². The second kappa shape index (κ2) is 8.76. The van der Waals surface area contributed by atoms with Crippen LogP contribution in [0.1, 0.15) is 17.5 Å². The average molecular weight is 396 g/mol. The molecule has 1 aliphatic heterocycles. The lowest BCUT2D eigenvalue weighted by Crippen LogP contribution is -2.37. The minimum absolute atomic E-state index is 0.193. The first-order chi connectivity index (χ1) is 14.1. The number of rotatable bonds is 8. The van der Waals surface area contributed by atoms with Crippen molar-refractivity contribution in [3.05, 3.63) is 84.2 Å². The summed E-state index contributed by atoms with van der Waals surface area (Å²) in [6.45, 7) is 3.44. The van der Waals surface area contributed by atoms with Gasteiger partial charge in [0.1, 0.15) is 24.3 Å². The molecule has 1 aliphatic rings. The summed E-state index contributed by atoms with van der Waals surface area (Å²) in [5.74, 6) is -0.405. The lowest BCUT2D eigenvalue weighted by Gasteiger charge is -2.28. The fourth-order valence-corrected chi connectivity index (χ4v) is 3.46. The number of nitrogens with zero attached hydrogens (tertiary/aromatic N) is 2. The molecule has 3 aromatic rings. The Morgan fingerprint density at radius 1 is 1.17 bits per heavy atom. The van der Waals surface area contributed by atoms with E-state index < -0.39 is 5.79 Å². The molecule has 0 saturated carbocycles. The predicted octanol–water partition coefficient (Wildman–Crippen LogP) is 4.15. The number of benzene rings is 2. The van der Waals surface area contributed by atoms with E-state index in [0.29, 0.717) is 25.5 Å². The van der Waals surface area contributed by atoms with Crippen LogP contribution in [-0.2, 0) is 22.4 Å². The van der Waals surface area contributed by atoms with Crippen LogP contribution in [0.25, 0.3) is 0 Å². The van der Waals surface area contributed by atoms with E-state index in [1.165, 1.54) is 23.3 Å². The van der Waals surface area contributed by atoms with Crippen LogP contribution in [0.2, 0.25) is 0 Å². The van der Waals surface area contributed by atoms with Crippen LogP contribution in [0.4, 0.5) is 4.39 Å². The summed E-state index contributed by atoms with van der Waals surface area (Å²) in [5.41, 5.74) is 2.49. The van der Waals surface area contributed by atoms with Gasteiger partial charge >= 0.3 is 0 Å². The second-order valence-corrected chi connectivity index (χ2v) is 7.45. The quantitative estimate of drug-likeness (QED) is 0.574. The maximum absolute atomic E-state index is 13.0. The smallest absolute Gasteiger partial charge is 0.187 e. The van der Waals surface area contributed by atoms with Gasteiger partial charge in [-0.25, -0.2) is 9.37 Å². The van der Waals surface area contributed by atoms with E-state index in [9.17, 15) is 4.39 Å². The van der Waals surface area contributed by atoms with Crippen molar-refractivity contribution in [1.82, 2.24) is 9.55 Å². The van der Waals surface area contributed by atoms with Crippen molar-refractivity contribution in [3.63, 3.8) is 0 Å². The van der Waals surface area contributed by atoms with Gasteiger partial charge in [-0.05, 0) is 43.2 Å². The molecule has 152 valence electrons. The Hall–Kier alpha value is -2.70. The Kier molecular flexibility index (Phi) is 5.92. The summed E-state index contributed by atoms with van der Waals surface area (Å²) in [6, 6.07) is 14.5. The third kappa shape index (κ3) is 5.22. The average Bonchev–Trinajstić information content (AvgIpc) is 3.38. The number of ether oxygens (including phenoxy) is 3. The lowest BCUT2D eigenvalue weighted by atomic mass is 10.0. The van der Waals surface area contributed by atoms with Crippen LogP contribution in [0, 0.1) is 12.7 Å². The maximum atomic E-state index is 13.0. The molecule has 2 unspecified atom stereocenters. The van der Waals surface area contributed by atoms with Crippen LogP contribution < -0.4 is 4.74 Å². The molecule has 2 aromatic carbocycles. The molecule has 2 atom stereocenters. The molecule has 5 nitrogen and oxygen atoms in total. The van der Waals surface area contributed by atoms with E-state index in [1.807, 2.05) is 10.8 Å². The van der Waals surface area contributed by atoms with Crippen molar-refractivity contribution in [2.75, 3.05) is 13.2 Å². The summed E-state index contributed by atoms with van der Waals surface area (Å²) >= 11 is 0. The van der Waals surface area contributed by atoms with Gasteiger partial charge in [0.15, 0.2) is 5.79 Å². The van der Waals surface area contributed by atoms with Crippen molar-refractivity contribution in [3.8, 4) is 5.75 Å². The first-order valence-electron chi connectivity index (χ1n) is 9.82. The molecule has 0 N–H and O–H groups in total. The van der Waals surface area contributed by atoms with Crippen molar-refractivity contribution in [2.45, 2.75) is 38.2 Å². The Balaban J connectivity index is 1.40. The largest absolute Gasteiger partial charge is 0.491 e. The molecule has 0 bridgehead atoms. The van der Waals surface area contributed by atoms with E-state index in [-0.39, 0.29) is 11.9 Å². The fourth-order valence-electron chi connectivity index (χ4n) is 3.46. The molecule has 0 spiro atoms. The normalized spacial score (nSPS) is 21.4. The molecule has 0 aliphatic carbocycles. The molecule has 0 amide bonds. The standard InChI is InChI=1S/C23H25FN2O3/c1-18-2-4-19(5-3-18)10-11-23(16-26-13-12-25-17-26)28-15-22(29-23)14-27-21-8-6-20(24)7-9-21/h2-9,12-13,17,22H,10-11,14-16H2,1H3. The first-order valence-corrected chi connectivity index (χ1v) is 9.82. The highest BCUT2D eigenvalue weighted by Crippen LogP contribution is 2.31. The van der Waals surface area contributed by atoms with E-state index >= 15 is 0 Å². The molecular weight excluding hydrogens is 371 g/mol. The molecule has 4 rings (SSSR count). The molecule has 1 saturated heterocycles. The van der Waals surface area contributed by atoms with Crippen LogP contribution in [0.15, 0.2) is 67.3 Å². The van der Waals surface area contributed by atoms with Crippen LogP contribution in [-0.4, -0.2) is 34.7 Å². The SMILES string of the molecule is Cc1ccc(CCC2(Cn3ccnc3)OCC(COc3ccc(F)cc3)O2)cc1. The monoisotopic (exact) mass is 396 g/mol. The number of imidazole rings is 1. The zero-order valence-electron chi connectivity index (χ0n) is 16.5. The van der Waals surface area contributed by atoms with E-state index in [4.69, 9.17) is 14.2 Å². The Morgan fingerprint density at radius 3 is 2.69 bits per heavy atom. The Labute approximate surface area is 170 Å². The van der Waals surface area contributed by atoms with Crippen molar-refractivity contribution in [1.29, 1.82) is 0 Å². The molecule has 2 heterocycles. The summed E-state index contributed by atoms with van der Waals surface area (Å²) in [5, 5.41) is 0. The number of hydrogen-bond donors (Lipinski definition) is 0. The Morgan fingerprint density at radius 2 is 1.97 bits per heavy atom. The van der Waals surface area contributed by atoms with Gasteiger partial charge in [-0.2, -0.15) is 0 Å². The number of aromatic nitrogens is 2. The minimum atomic E-state index is -0.734. The maximum Gasteiger partial charge on any atom is 0.187 e. The fraction of sp³-hybridized carbons (Fsp3) is 0.348. The highest BCUT2D eigenvalue weighted by molar-refractivity contribution is 5.22. The third-order valence-corrected chi connectivity index (χ3v) is 5.06. The number of halogens is 1. The zero-order valence-corrected chi connectivity index (χ0v) is 16.5. The lowest BCUT2D eigenvalue weighted by molar-refractivity contribution is -0.184. The topological polar surface area (TPSA) is 45.5 Å². The van der Waals surface area contributed by atoms with Gasteiger partial charge in [-0.3, -0.25) is 0 Å². The summed E-state index contributed by atoms with van der Waals surface area (Å²) < 4.78 is 33.3. The first kappa shape index (κ1) is 19.6. The van der Waals surface area contributed by atoms with Gasteiger partial charge in [-0.15, -0.1) is 0 Å². The molecule has 1 fully saturated rings. The summed E-state index contributed by atoms with van der Waals surface area (Å²) in [7, 11) is 0. The van der Waals surface area contributed by atoms with Gasteiger partial charge in [0.25, 0.3) is 0 Å². The third-order valence-electron chi connectivity index (χ3n) is 5.06. The van der Waals surface area contributed by atoms with Crippen LogP contribution in [0.3, 0.4) is 0 Å². The van der Waals surface area contributed by atoms with Crippen molar-refractivity contribution < 1.29 is 18.6 Å². The highest BCUT2D eigenvalue weighted by Gasteiger charge is 2.42. The number of hydrogen-bond acceptors (Lipinski definition) is 4. The molecular formula is C23H25FN2O3. The Bertz CT molecular complexity index is 897. The second-order valence-electron chi connectivity index (χ2n) is 7.45. The van der Waals surface area contributed by atoms with Gasteiger partial charge < -0.3 is 18.8 Å². The van der Waals surface area contributed by atoms with Gasteiger partial charge in [-0.1, -0.05) is 29.8 Å². The predicted molar refractivity (Wildman–Crippen MR) is 107 cm³/mol. The summed E-state index contributed by atoms with van der Waals surface area (Å²) in [4.78, 5) is 4.12. The zero-order chi connectivity index (χ0) is 20.1. The molecule has 6 heteroatoms. The van der Waals surface area contributed by atoms with E-state index in [0.717, 1.165) is 12.8 Å². The molecule has 0 radical (unpaired) electrons. The minimum Gasteiger partial charge on any atom is -0.491 e. The van der Waals surface area contributed by atoms with Gasteiger partial charge in [0.2, 0.25) is 0 Å².